The fourth-order valence-corrected chi connectivity index (χ4v) is 4.94. The fraction of sp³-hybridized carbons (Fsp3) is 0.212. The SMILES string of the molecule is C=C(Nc1cncc(-c2cc(F)c3n[nH]c(-c4nc5c(-c6cc(F)cc(NCCN(C)C)c6)nccc5[nH]4)c3c2)c1)C(C)C. The van der Waals surface area contributed by atoms with Crippen LogP contribution in [0.2, 0.25) is 0 Å². The summed E-state index contributed by atoms with van der Waals surface area (Å²) in [4.78, 5) is 19.1. The summed E-state index contributed by atoms with van der Waals surface area (Å²) in [5.74, 6) is -0.157. The lowest BCUT2D eigenvalue weighted by Gasteiger charge is -2.13. The van der Waals surface area contributed by atoms with Crippen LogP contribution in [0.5, 0.6) is 0 Å². The molecule has 224 valence electrons. The largest absolute Gasteiger partial charge is 0.384 e. The third-order valence-corrected chi connectivity index (χ3v) is 7.38. The highest BCUT2D eigenvalue weighted by molar-refractivity contribution is 5.98. The molecule has 0 aliphatic carbocycles. The normalized spacial score (nSPS) is 11.6. The molecule has 2 aromatic carbocycles. The molecule has 9 nitrogen and oxygen atoms in total. The molecule has 4 heterocycles. The van der Waals surface area contributed by atoms with E-state index in [1.54, 1.807) is 24.7 Å². The first kappa shape index (κ1) is 28.9. The van der Waals surface area contributed by atoms with Gasteiger partial charge in [0, 0.05) is 53.4 Å². The molecular weight excluding hydrogens is 560 g/mol. The molecule has 0 atom stereocenters. The van der Waals surface area contributed by atoms with Gasteiger partial charge in [-0.15, -0.1) is 0 Å². The van der Waals surface area contributed by atoms with Gasteiger partial charge in [-0.2, -0.15) is 5.10 Å². The van der Waals surface area contributed by atoms with Crippen molar-refractivity contribution in [3.05, 3.63) is 85.0 Å². The number of rotatable bonds is 10. The molecule has 11 heteroatoms. The molecule has 6 aromatic rings. The van der Waals surface area contributed by atoms with Gasteiger partial charge in [0.05, 0.1) is 23.1 Å². The molecule has 0 saturated heterocycles. The molecule has 0 amide bonds. The number of allylic oxidation sites excluding steroid dienone is 1. The van der Waals surface area contributed by atoms with Gasteiger partial charge in [-0.1, -0.05) is 20.4 Å². The second-order valence-corrected chi connectivity index (χ2v) is 11.3. The van der Waals surface area contributed by atoms with Crippen molar-refractivity contribution >= 4 is 33.3 Å². The third-order valence-electron chi connectivity index (χ3n) is 7.38. The van der Waals surface area contributed by atoms with Gasteiger partial charge in [-0.3, -0.25) is 15.1 Å². The summed E-state index contributed by atoms with van der Waals surface area (Å²) in [7, 11) is 3.96. The summed E-state index contributed by atoms with van der Waals surface area (Å²) in [5, 5.41) is 14.3. The van der Waals surface area contributed by atoms with Gasteiger partial charge in [0.2, 0.25) is 0 Å². The Bertz CT molecular complexity index is 1990. The Hall–Kier alpha value is -5.16. The summed E-state index contributed by atoms with van der Waals surface area (Å²) < 4.78 is 30.0. The van der Waals surface area contributed by atoms with E-state index in [0.29, 0.717) is 57.0 Å². The summed E-state index contributed by atoms with van der Waals surface area (Å²) >= 11 is 0. The maximum Gasteiger partial charge on any atom is 0.157 e. The zero-order valence-corrected chi connectivity index (χ0v) is 25.0. The number of halogens is 2. The van der Waals surface area contributed by atoms with Crippen LogP contribution in [0.4, 0.5) is 20.2 Å². The van der Waals surface area contributed by atoms with Crippen LogP contribution in [0.25, 0.3) is 55.8 Å². The average Bonchev–Trinajstić information content (AvgIpc) is 3.61. The van der Waals surface area contributed by atoms with Gasteiger partial charge in [0.1, 0.15) is 22.5 Å². The van der Waals surface area contributed by atoms with Crippen LogP contribution in [-0.2, 0) is 0 Å². The lowest BCUT2D eigenvalue weighted by molar-refractivity contribution is 0.425. The summed E-state index contributed by atoms with van der Waals surface area (Å²) in [5.41, 5.74) is 6.72. The van der Waals surface area contributed by atoms with E-state index in [2.05, 4.69) is 42.4 Å². The summed E-state index contributed by atoms with van der Waals surface area (Å²) in [6.07, 6.45) is 5.04. The van der Waals surface area contributed by atoms with E-state index < -0.39 is 5.82 Å². The van der Waals surface area contributed by atoms with E-state index in [0.717, 1.165) is 23.5 Å². The number of nitrogens with one attached hydrogen (secondary N) is 4. The predicted octanol–water partition coefficient (Wildman–Crippen LogP) is 7.06. The Labute approximate surface area is 253 Å². The number of anilines is 2. The van der Waals surface area contributed by atoms with Gasteiger partial charge >= 0.3 is 0 Å². The van der Waals surface area contributed by atoms with Gasteiger partial charge < -0.3 is 20.5 Å². The molecule has 44 heavy (non-hydrogen) atoms. The van der Waals surface area contributed by atoms with Crippen molar-refractivity contribution in [3.63, 3.8) is 0 Å². The molecule has 0 radical (unpaired) electrons. The first-order chi connectivity index (χ1) is 21.2. The number of imidazole rings is 1. The minimum atomic E-state index is -0.475. The summed E-state index contributed by atoms with van der Waals surface area (Å²) in [6.45, 7) is 9.63. The van der Waals surface area contributed by atoms with Gasteiger partial charge in [-0.25, -0.2) is 13.8 Å². The number of hydrogen-bond acceptors (Lipinski definition) is 7. The molecule has 0 saturated carbocycles. The maximum absolute atomic E-state index is 15.4. The lowest BCUT2D eigenvalue weighted by atomic mass is 10.0. The first-order valence-electron chi connectivity index (χ1n) is 14.3. The number of likely N-dealkylation sites (N-methyl/N-ethyl adjacent to an activating group) is 1. The molecule has 0 aliphatic heterocycles. The van der Waals surface area contributed by atoms with Crippen LogP contribution < -0.4 is 10.6 Å². The number of H-pyrrole nitrogens is 2. The van der Waals surface area contributed by atoms with Crippen molar-refractivity contribution in [2.75, 3.05) is 37.8 Å². The highest BCUT2D eigenvalue weighted by Crippen LogP contribution is 2.34. The molecule has 4 aromatic heterocycles. The Morgan fingerprint density at radius 1 is 0.977 bits per heavy atom. The van der Waals surface area contributed by atoms with E-state index in [9.17, 15) is 4.39 Å². The number of benzene rings is 2. The van der Waals surface area contributed by atoms with Gasteiger partial charge in [0.15, 0.2) is 11.6 Å². The monoisotopic (exact) mass is 593 g/mol. The number of aromatic amines is 2. The molecule has 0 bridgehead atoms. The van der Waals surface area contributed by atoms with Crippen LogP contribution in [0, 0.1) is 17.6 Å². The van der Waals surface area contributed by atoms with Crippen molar-refractivity contribution < 1.29 is 8.78 Å². The van der Waals surface area contributed by atoms with Crippen molar-refractivity contribution in [2.24, 2.45) is 5.92 Å². The quantitative estimate of drug-likeness (QED) is 0.135. The number of aromatic nitrogens is 6. The Kier molecular flexibility index (Phi) is 7.79. The minimum Gasteiger partial charge on any atom is -0.384 e. The number of hydrogen-bond donors (Lipinski definition) is 4. The Morgan fingerprint density at radius 2 is 1.80 bits per heavy atom. The van der Waals surface area contributed by atoms with Crippen LogP contribution in [-0.4, -0.2) is 62.2 Å². The van der Waals surface area contributed by atoms with Crippen LogP contribution in [0.3, 0.4) is 0 Å². The second-order valence-electron chi connectivity index (χ2n) is 11.3. The molecule has 0 unspecified atom stereocenters. The van der Waals surface area contributed by atoms with Crippen molar-refractivity contribution in [3.8, 4) is 33.9 Å². The van der Waals surface area contributed by atoms with Crippen LogP contribution in [0.1, 0.15) is 13.8 Å². The molecule has 0 fully saturated rings. The summed E-state index contributed by atoms with van der Waals surface area (Å²) in [6, 6.07) is 11.8. The topological polar surface area (TPSA) is 110 Å². The van der Waals surface area contributed by atoms with Crippen LogP contribution >= 0.6 is 0 Å². The van der Waals surface area contributed by atoms with E-state index in [-0.39, 0.29) is 17.3 Å². The molecule has 4 N–H and O–H groups in total. The standard InChI is InChI=1S/C33H33F2N9/c1-18(2)19(3)39-25-12-22(16-36-17-25)20-13-26-30(27(35)14-20)42-43-31(26)33-40-28-6-7-38-29(32(28)41-33)21-10-23(34)15-24(11-21)37-8-9-44(4)5/h6-7,10-18,37,39H,3,8-9H2,1-2,4-5H3,(H,40,41)(H,42,43). The first-order valence-corrected chi connectivity index (χ1v) is 14.3. The van der Waals surface area contributed by atoms with E-state index in [1.807, 2.05) is 51.0 Å². The maximum atomic E-state index is 15.4. The highest BCUT2D eigenvalue weighted by atomic mass is 19.1. The predicted molar refractivity (Wildman–Crippen MR) is 172 cm³/mol. The molecule has 0 spiro atoms. The molecular formula is C33H33F2N9. The minimum absolute atomic E-state index is 0.191. The lowest BCUT2D eigenvalue weighted by Crippen LogP contribution is -2.20. The van der Waals surface area contributed by atoms with E-state index >= 15 is 4.39 Å². The molecule has 6 rings (SSSR count). The smallest absolute Gasteiger partial charge is 0.157 e. The Morgan fingerprint density at radius 3 is 2.59 bits per heavy atom. The van der Waals surface area contributed by atoms with Gasteiger partial charge in [0.25, 0.3) is 0 Å². The zero-order chi connectivity index (χ0) is 31.0. The van der Waals surface area contributed by atoms with Gasteiger partial charge in [-0.05, 0) is 68.0 Å². The number of pyridine rings is 2. The number of nitrogens with zero attached hydrogens (tertiary/aromatic N) is 5. The van der Waals surface area contributed by atoms with E-state index in [4.69, 9.17) is 4.98 Å². The van der Waals surface area contributed by atoms with Crippen molar-refractivity contribution in [2.45, 2.75) is 13.8 Å². The third kappa shape index (κ3) is 5.86. The zero-order valence-electron chi connectivity index (χ0n) is 25.0. The van der Waals surface area contributed by atoms with E-state index in [1.165, 1.54) is 18.2 Å². The average molecular weight is 594 g/mol. The second kappa shape index (κ2) is 11.8. The Balaban J connectivity index is 1.38. The number of fused-ring (bicyclic) bond motifs is 2. The van der Waals surface area contributed by atoms with Crippen molar-refractivity contribution in [1.82, 2.24) is 35.0 Å². The molecule has 0 aliphatic rings. The van der Waals surface area contributed by atoms with Crippen molar-refractivity contribution in [1.29, 1.82) is 0 Å². The fourth-order valence-electron chi connectivity index (χ4n) is 4.94. The van der Waals surface area contributed by atoms with Crippen LogP contribution in [0.15, 0.2) is 73.3 Å². The highest BCUT2D eigenvalue weighted by Gasteiger charge is 2.19.